The van der Waals surface area contributed by atoms with Crippen molar-refractivity contribution in [3.8, 4) is 0 Å². The zero-order chi connectivity index (χ0) is 12.8. The standard InChI is InChI=1S/C15H23N3/c1-13(2)12-18-8-5-15(6-9-18)17-11-14-4-3-7-16-10-14/h3-4,7,10,15,17H,1,5-6,8-9,11-12H2,2H3. The van der Waals surface area contributed by atoms with Gasteiger partial charge >= 0.3 is 0 Å². The van der Waals surface area contributed by atoms with Crippen LogP contribution in [0.1, 0.15) is 25.3 Å². The first-order valence-electron chi connectivity index (χ1n) is 6.73. The quantitative estimate of drug-likeness (QED) is 0.806. The molecule has 0 atom stereocenters. The van der Waals surface area contributed by atoms with Gasteiger partial charge in [0.1, 0.15) is 0 Å². The molecular formula is C15H23N3. The third-order valence-corrected chi connectivity index (χ3v) is 3.40. The molecule has 1 aliphatic heterocycles. The van der Waals surface area contributed by atoms with Gasteiger partial charge in [0, 0.05) is 31.5 Å². The molecule has 1 aromatic heterocycles. The summed E-state index contributed by atoms with van der Waals surface area (Å²) in [5, 5.41) is 3.62. The van der Waals surface area contributed by atoms with E-state index in [4.69, 9.17) is 0 Å². The van der Waals surface area contributed by atoms with Gasteiger partial charge in [-0.2, -0.15) is 0 Å². The molecule has 0 saturated carbocycles. The largest absolute Gasteiger partial charge is 0.310 e. The zero-order valence-electron chi connectivity index (χ0n) is 11.2. The fourth-order valence-corrected chi connectivity index (χ4v) is 2.44. The predicted molar refractivity (Wildman–Crippen MR) is 75.4 cm³/mol. The third kappa shape index (κ3) is 4.24. The van der Waals surface area contributed by atoms with Crippen molar-refractivity contribution in [1.29, 1.82) is 0 Å². The average molecular weight is 245 g/mol. The molecular weight excluding hydrogens is 222 g/mol. The molecule has 98 valence electrons. The van der Waals surface area contributed by atoms with Gasteiger partial charge in [-0.1, -0.05) is 18.2 Å². The van der Waals surface area contributed by atoms with Crippen molar-refractivity contribution >= 4 is 0 Å². The molecule has 1 aromatic rings. The Bertz CT molecular complexity index is 367. The van der Waals surface area contributed by atoms with Crippen LogP contribution in [-0.4, -0.2) is 35.6 Å². The van der Waals surface area contributed by atoms with Gasteiger partial charge in [0.25, 0.3) is 0 Å². The third-order valence-electron chi connectivity index (χ3n) is 3.40. The number of piperidine rings is 1. The summed E-state index contributed by atoms with van der Waals surface area (Å²) >= 11 is 0. The van der Waals surface area contributed by atoms with E-state index in [0.717, 1.165) is 13.1 Å². The van der Waals surface area contributed by atoms with E-state index in [9.17, 15) is 0 Å². The molecule has 1 aliphatic rings. The molecule has 18 heavy (non-hydrogen) atoms. The van der Waals surface area contributed by atoms with Crippen LogP contribution < -0.4 is 5.32 Å². The van der Waals surface area contributed by atoms with Crippen molar-refractivity contribution in [3.63, 3.8) is 0 Å². The number of likely N-dealkylation sites (tertiary alicyclic amines) is 1. The molecule has 0 bridgehead atoms. The number of nitrogens with one attached hydrogen (secondary N) is 1. The van der Waals surface area contributed by atoms with Crippen LogP contribution in [0.5, 0.6) is 0 Å². The van der Waals surface area contributed by atoms with E-state index in [2.05, 4.69) is 34.8 Å². The molecule has 0 amide bonds. The lowest BCUT2D eigenvalue weighted by Crippen LogP contribution is -2.42. The fourth-order valence-electron chi connectivity index (χ4n) is 2.44. The molecule has 0 unspecified atom stereocenters. The first-order valence-corrected chi connectivity index (χ1v) is 6.73. The molecule has 3 heteroatoms. The highest BCUT2D eigenvalue weighted by molar-refractivity contribution is 5.08. The van der Waals surface area contributed by atoms with Crippen LogP contribution in [0.3, 0.4) is 0 Å². The highest BCUT2D eigenvalue weighted by atomic mass is 15.1. The minimum atomic E-state index is 0.645. The maximum atomic E-state index is 4.14. The Labute approximate surface area is 110 Å². The number of hydrogen-bond acceptors (Lipinski definition) is 3. The molecule has 1 N–H and O–H groups in total. The number of rotatable bonds is 5. The second-order valence-corrected chi connectivity index (χ2v) is 5.25. The number of hydrogen-bond donors (Lipinski definition) is 1. The van der Waals surface area contributed by atoms with Gasteiger partial charge in [-0.25, -0.2) is 0 Å². The van der Waals surface area contributed by atoms with Gasteiger partial charge in [-0.15, -0.1) is 0 Å². The first-order chi connectivity index (χ1) is 8.74. The Balaban J connectivity index is 1.69. The lowest BCUT2D eigenvalue weighted by Gasteiger charge is -2.32. The Morgan fingerprint density at radius 1 is 1.50 bits per heavy atom. The maximum absolute atomic E-state index is 4.14. The van der Waals surface area contributed by atoms with E-state index in [1.54, 1.807) is 0 Å². The van der Waals surface area contributed by atoms with Gasteiger partial charge in [-0.3, -0.25) is 9.88 Å². The lowest BCUT2D eigenvalue weighted by atomic mass is 10.0. The SMILES string of the molecule is C=C(C)CN1CCC(NCc2cccnc2)CC1. The second-order valence-electron chi connectivity index (χ2n) is 5.25. The first kappa shape index (κ1) is 13.2. The van der Waals surface area contributed by atoms with Crippen molar-refractivity contribution in [2.75, 3.05) is 19.6 Å². The van der Waals surface area contributed by atoms with E-state index < -0.39 is 0 Å². The van der Waals surface area contributed by atoms with Crippen molar-refractivity contribution in [3.05, 3.63) is 42.2 Å². The Morgan fingerprint density at radius 2 is 2.28 bits per heavy atom. The Kier molecular flexibility index (Phi) is 4.90. The number of nitrogens with zero attached hydrogens (tertiary/aromatic N) is 2. The summed E-state index contributed by atoms with van der Waals surface area (Å²) < 4.78 is 0. The van der Waals surface area contributed by atoms with E-state index in [-0.39, 0.29) is 0 Å². The van der Waals surface area contributed by atoms with E-state index in [1.165, 1.54) is 37.1 Å². The molecule has 0 radical (unpaired) electrons. The highest BCUT2D eigenvalue weighted by Gasteiger charge is 2.18. The summed E-state index contributed by atoms with van der Waals surface area (Å²) in [7, 11) is 0. The van der Waals surface area contributed by atoms with Crippen LogP contribution in [-0.2, 0) is 6.54 Å². The molecule has 0 aromatic carbocycles. The fraction of sp³-hybridized carbons (Fsp3) is 0.533. The topological polar surface area (TPSA) is 28.2 Å². The molecule has 2 rings (SSSR count). The van der Waals surface area contributed by atoms with E-state index >= 15 is 0 Å². The van der Waals surface area contributed by atoms with E-state index in [0.29, 0.717) is 6.04 Å². The van der Waals surface area contributed by atoms with E-state index in [1.807, 2.05) is 18.5 Å². The summed E-state index contributed by atoms with van der Waals surface area (Å²) in [6.45, 7) is 10.4. The van der Waals surface area contributed by atoms with Crippen LogP contribution in [0.4, 0.5) is 0 Å². The number of aromatic nitrogens is 1. The van der Waals surface area contributed by atoms with Gasteiger partial charge < -0.3 is 5.32 Å². The van der Waals surface area contributed by atoms with Gasteiger partial charge in [0.05, 0.1) is 0 Å². The zero-order valence-corrected chi connectivity index (χ0v) is 11.2. The molecule has 0 spiro atoms. The van der Waals surface area contributed by atoms with Gasteiger partial charge in [-0.05, 0) is 44.5 Å². The van der Waals surface area contributed by atoms with Crippen LogP contribution in [0.2, 0.25) is 0 Å². The average Bonchev–Trinajstić information content (AvgIpc) is 2.38. The normalized spacial score (nSPS) is 17.8. The Hall–Kier alpha value is -1.19. The summed E-state index contributed by atoms with van der Waals surface area (Å²) in [6.07, 6.45) is 6.21. The monoisotopic (exact) mass is 245 g/mol. The summed E-state index contributed by atoms with van der Waals surface area (Å²) in [4.78, 5) is 6.63. The van der Waals surface area contributed by atoms with Crippen molar-refractivity contribution < 1.29 is 0 Å². The summed E-state index contributed by atoms with van der Waals surface area (Å²) in [5.41, 5.74) is 2.53. The minimum Gasteiger partial charge on any atom is -0.310 e. The summed E-state index contributed by atoms with van der Waals surface area (Å²) in [6, 6.07) is 4.76. The van der Waals surface area contributed by atoms with Crippen molar-refractivity contribution in [2.45, 2.75) is 32.4 Å². The smallest absolute Gasteiger partial charge is 0.0312 e. The maximum Gasteiger partial charge on any atom is 0.0312 e. The predicted octanol–water partition coefficient (Wildman–Crippen LogP) is 2.21. The second kappa shape index (κ2) is 6.66. The molecule has 1 saturated heterocycles. The van der Waals surface area contributed by atoms with Gasteiger partial charge in [0.15, 0.2) is 0 Å². The molecule has 1 fully saturated rings. The number of pyridine rings is 1. The Morgan fingerprint density at radius 3 is 2.89 bits per heavy atom. The van der Waals surface area contributed by atoms with Crippen LogP contribution in [0, 0.1) is 0 Å². The van der Waals surface area contributed by atoms with Gasteiger partial charge in [0.2, 0.25) is 0 Å². The van der Waals surface area contributed by atoms with Crippen molar-refractivity contribution in [2.24, 2.45) is 0 Å². The van der Waals surface area contributed by atoms with Crippen LogP contribution in [0.15, 0.2) is 36.7 Å². The minimum absolute atomic E-state index is 0.645. The molecule has 2 heterocycles. The molecule has 0 aliphatic carbocycles. The summed E-state index contributed by atoms with van der Waals surface area (Å²) in [5.74, 6) is 0. The molecule has 3 nitrogen and oxygen atoms in total. The lowest BCUT2D eigenvalue weighted by molar-refractivity contribution is 0.211. The van der Waals surface area contributed by atoms with Crippen LogP contribution >= 0.6 is 0 Å². The van der Waals surface area contributed by atoms with Crippen molar-refractivity contribution in [1.82, 2.24) is 15.2 Å². The highest BCUT2D eigenvalue weighted by Crippen LogP contribution is 2.12. The van der Waals surface area contributed by atoms with Crippen LogP contribution in [0.25, 0.3) is 0 Å².